The fourth-order valence-electron chi connectivity index (χ4n) is 1.22. The maximum atomic E-state index is 10.8. The summed E-state index contributed by atoms with van der Waals surface area (Å²) in [6.45, 7) is 1.93. The first-order valence-electron chi connectivity index (χ1n) is 4.35. The van der Waals surface area contributed by atoms with Gasteiger partial charge < -0.3 is 10.8 Å². The van der Waals surface area contributed by atoms with Gasteiger partial charge in [-0.1, -0.05) is 30.7 Å². The fourth-order valence-corrected chi connectivity index (χ4v) is 1.57. The second-order valence-corrected chi connectivity index (χ2v) is 3.41. The topological polar surface area (TPSA) is 63.3 Å². The summed E-state index contributed by atoms with van der Waals surface area (Å²) < 4.78 is 0. The Hall–Kier alpha value is -1.06. The summed E-state index contributed by atoms with van der Waals surface area (Å²) in [5, 5.41) is 9.06. The summed E-state index contributed by atoms with van der Waals surface area (Å²) in [5.41, 5.74) is 6.58. The second-order valence-electron chi connectivity index (χ2n) is 3.03. The molecule has 0 aliphatic rings. The smallest absolute Gasteiger partial charge is 0.337 e. The number of nitrogens with two attached hydrogens (primary N) is 1. The Morgan fingerprint density at radius 3 is 2.79 bits per heavy atom. The number of benzene rings is 1. The van der Waals surface area contributed by atoms with E-state index in [2.05, 4.69) is 0 Å². The van der Waals surface area contributed by atoms with Crippen molar-refractivity contribution in [2.75, 3.05) is 0 Å². The molecule has 0 saturated heterocycles. The lowest BCUT2D eigenvalue weighted by molar-refractivity contribution is 0.0697. The van der Waals surface area contributed by atoms with E-state index in [9.17, 15) is 4.79 Å². The molecule has 1 rings (SSSR count). The molecule has 3 nitrogen and oxygen atoms in total. The molecule has 14 heavy (non-hydrogen) atoms. The van der Waals surface area contributed by atoms with Gasteiger partial charge in [-0.3, -0.25) is 0 Å². The molecule has 0 radical (unpaired) electrons. The zero-order chi connectivity index (χ0) is 10.7. The van der Waals surface area contributed by atoms with E-state index in [1.54, 1.807) is 12.1 Å². The normalized spacial score (nSPS) is 12.5. The molecule has 4 heteroatoms. The van der Waals surface area contributed by atoms with Gasteiger partial charge in [0.25, 0.3) is 0 Å². The summed E-state index contributed by atoms with van der Waals surface area (Å²) in [6.07, 6.45) is 0.725. The third-order valence-corrected chi connectivity index (χ3v) is 2.52. The van der Waals surface area contributed by atoms with Crippen LogP contribution in [0.4, 0.5) is 0 Å². The van der Waals surface area contributed by atoms with Crippen molar-refractivity contribution in [2.24, 2.45) is 5.73 Å². The number of carbonyl (C=O) groups is 1. The molecule has 76 valence electrons. The van der Waals surface area contributed by atoms with Gasteiger partial charge in [-0.15, -0.1) is 0 Å². The van der Waals surface area contributed by atoms with Crippen LogP contribution < -0.4 is 5.73 Å². The van der Waals surface area contributed by atoms with Gasteiger partial charge in [0.1, 0.15) is 0 Å². The first-order valence-corrected chi connectivity index (χ1v) is 4.73. The molecule has 0 spiro atoms. The van der Waals surface area contributed by atoms with Crippen molar-refractivity contribution in [2.45, 2.75) is 19.4 Å². The minimum absolute atomic E-state index is 0.105. The van der Waals surface area contributed by atoms with Gasteiger partial charge >= 0.3 is 5.97 Å². The van der Waals surface area contributed by atoms with Crippen molar-refractivity contribution in [3.8, 4) is 0 Å². The van der Waals surface area contributed by atoms with Crippen molar-refractivity contribution in [1.29, 1.82) is 0 Å². The summed E-state index contributed by atoms with van der Waals surface area (Å²) in [4.78, 5) is 10.8. The van der Waals surface area contributed by atoms with Crippen LogP contribution >= 0.6 is 11.6 Å². The number of carboxylic acid groups (broad SMARTS) is 1. The van der Waals surface area contributed by atoms with Crippen LogP contribution in [0.25, 0.3) is 0 Å². The lowest BCUT2D eigenvalue weighted by Gasteiger charge is -2.12. The number of carboxylic acids is 1. The molecule has 0 unspecified atom stereocenters. The van der Waals surface area contributed by atoms with Crippen LogP contribution in [0, 0.1) is 0 Å². The van der Waals surface area contributed by atoms with Gasteiger partial charge in [-0.2, -0.15) is 0 Å². The molecule has 0 aliphatic carbocycles. The number of rotatable bonds is 3. The van der Waals surface area contributed by atoms with Crippen LogP contribution in [0.5, 0.6) is 0 Å². The minimum atomic E-state index is -1.03. The van der Waals surface area contributed by atoms with Crippen molar-refractivity contribution >= 4 is 17.6 Å². The van der Waals surface area contributed by atoms with E-state index in [0.717, 1.165) is 6.42 Å². The minimum Gasteiger partial charge on any atom is -0.478 e. The Kier molecular flexibility index (Phi) is 3.49. The molecule has 0 amide bonds. The third-order valence-electron chi connectivity index (χ3n) is 2.10. The van der Waals surface area contributed by atoms with Crippen LogP contribution in [0.1, 0.15) is 35.3 Å². The van der Waals surface area contributed by atoms with E-state index in [4.69, 9.17) is 22.4 Å². The van der Waals surface area contributed by atoms with E-state index in [-0.39, 0.29) is 16.6 Å². The van der Waals surface area contributed by atoms with Crippen molar-refractivity contribution in [3.63, 3.8) is 0 Å². The quantitative estimate of drug-likeness (QED) is 0.811. The summed E-state index contributed by atoms with van der Waals surface area (Å²) >= 11 is 5.92. The first kappa shape index (κ1) is 11.0. The predicted octanol–water partition coefficient (Wildman–Crippen LogP) is 2.45. The molecule has 1 atom stereocenters. The second kappa shape index (κ2) is 4.44. The van der Waals surface area contributed by atoms with Crippen LogP contribution in [-0.2, 0) is 0 Å². The fraction of sp³-hybridized carbons (Fsp3) is 0.300. The molecule has 1 aromatic rings. The average molecular weight is 214 g/mol. The Morgan fingerprint density at radius 2 is 2.29 bits per heavy atom. The largest absolute Gasteiger partial charge is 0.478 e. The number of aromatic carboxylic acids is 1. The monoisotopic (exact) mass is 213 g/mol. The molecule has 1 aromatic carbocycles. The highest BCUT2D eigenvalue weighted by Gasteiger charge is 2.14. The zero-order valence-electron chi connectivity index (χ0n) is 7.83. The van der Waals surface area contributed by atoms with Crippen molar-refractivity contribution < 1.29 is 9.90 Å². The van der Waals surface area contributed by atoms with Gasteiger partial charge in [0.15, 0.2) is 0 Å². The summed E-state index contributed by atoms with van der Waals surface area (Å²) in [5.74, 6) is -1.03. The molecule has 0 fully saturated rings. The lowest BCUT2D eigenvalue weighted by atomic mass is 10.0. The zero-order valence-corrected chi connectivity index (χ0v) is 8.58. The standard InChI is InChI=1S/C10H12ClNO2/c1-2-8(12)6-4-3-5-7(9(6)11)10(13)14/h3-5,8H,2,12H2,1H3,(H,13,14)/t8-/m0/s1. The number of halogens is 1. The van der Waals surface area contributed by atoms with Crippen molar-refractivity contribution in [3.05, 3.63) is 34.3 Å². The number of hydrogen-bond donors (Lipinski definition) is 2. The molecule has 3 N–H and O–H groups in total. The van der Waals surface area contributed by atoms with E-state index in [0.29, 0.717) is 5.56 Å². The van der Waals surface area contributed by atoms with E-state index < -0.39 is 5.97 Å². The maximum Gasteiger partial charge on any atom is 0.337 e. The van der Waals surface area contributed by atoms with E-state index >= 15 is 0 Å². The van der Waals surface area contributed by atoms with Crippen LogP contribution in [0.3, 0.4) is 0 Å². The molecule has 0 saturated carbocycles. The Morgan fingerprint density at radius 1 is 1.64 bits per heavy atom. The molecular formula is C10H12ClNO2. The number of hydrogen-bond acceptors (Lipinski definition) is 2. The van der Waals surface area contributed by atoms with Crippen LogP contribution in [0.15, 0.2) is 18.2 Å². The molecule has 0 aromatic heterocycles. The van der Waals surface area contributed by atoms with E-state index in [1.165, 1.54) is 6.07 Å². The summed E-state index contributed by atoms with van der Waals surface area (Å²) in [6, 6.07) is 4.67. The Bertz CT molecular complexity index is 352. The van der Waals surface area contributed by atoms with Crippen LogP contribution in [-0.4, -0.2) is 11.1 Å². The van der Waals surface area contributed by atoms with Gasteiger partial charge in [-0.05, 0) is 18.1 Å². The third kappa shape index (κ3) is 2.05. The molecule has 0 heterocycles. The van der Waals surface area contributed by atoms with Gasteiger partial charge in [-0.25, -0.2) is 4.79 Å². The Balaban J connectivity index is 3.20. The van der Waals surface area contributed by atoms with Crippen LogP contribution in [0.2, 0.25) is 5.02 Å². The Labute approximate surface area is 87.5 Å². The summed E-state index contributed by atoms with van der Waals surface area (Å²) in [7, 11) is 0. The predicted molar refractivity (Wildman–Crippen MR) is 55.6 cm³/mol. The lowest BCUT2D eigenvalue weighted by Crippen LogP contribution is -2.11. The molecular weight excluding hydrogens is 202 g/mol. The highest BCUT2D eigenvalue weighted by molar-refractivity contribution is 6.34. The van der Waals surface area contributed by atoms with E-state index in [1.807, 2.05) is 6.92 Å². The SMILES string of the molecule is CC[C@H](N)c1cccc(C(=O)O)c1Cl. The highest BCUT2D eigenvalue weighted by Crippen LogP contribution is 2.26. The molecule has 0 bridgehead atoms. The van der Waals surface area contributed by atoms with Crippen molar-refractivity contribution in [1.82, 2.24) is 0 Å². The first-order chi connectivity index (χ1) is 6.57. The average Bonchev–Trinajstić information content (AvgIpc) is 2.16. The van der Waals surface area contributed by atoms with Gasteiger partial charge in [0, 0.05) is 6.04 Å². The van der Waals surface area contributed by atoms with Gasteiger partial charge in [0.05, 0.1) is 10.6 Å². The maximum absolute atomic E-state index is 10.8. The molecule has 0 aliphatic heterocycles. The van der Waals surface area contributed by atoms with Gasteiger partial charge in [0.2, 0.25) is 0 Å². The highest BCUT2D eigenvalue weighted by atomic mass is 35.5.